The zero-order valence-electron chi connectivity index (χ0n) is 14.8. The highest BCUT2D eigenvalue weighted by molar-refractivity contribution is 7.10. The normalized spacial score (nSPS) is 17.2. The van der Waals surface area contributed by atoms with Crippen LogP contribution >= 0.6 is 11.3 Å². The molecule has 4 heteroatoms. The van der Waals surface area contributed by atoms with Gasteiger partial charge in [0.15, 0.2) is 6.54 Å². The lowest BCUT2D eigenvalue weighted by Crippen LogP contribution is -2.87. The molecular weight excluding hydrogens is 316 g/mol. The smallest absolute Gasteiger partial charge is 0.278 e. The molecule has 0 fully saturated rings. The lowest BCUT2D eigenvalue weighted by molar-refractivity contribution is -0.649. The van der Waals surface area contributed by atoms with Crippen molar-refractivity contribution < 1.29 is 10.1 Å². The number of quaternary nitrogens is 1. The van der Waals surface area contributed by atoms with E-state index in [9.17, 15) is 4.79 Å². The second-order valence-corrected chi connectivity index (χ2v) is 8.07. The molecular formula is C20H27N2OS+. The molecule has 2 aromatic rings. The zero-order chi connectivity index (χ0) is 17.1. The van der Waals surface area contributed by atoms with E-state index in [1.165, 1.54) is 21.6 Å². The third-order valence-electron chi connectivity index (χ3n) is 4.64. The average molecular weight is 344 g/mol. The van der Waals surface area contributed by atoms with Gasteiger partial charge in [0, 0.05) is 17.3 Å². The lowest BCUT2D eigenvalue weighted by atomic mass is 9.92. The largest absolute Gasteiger partial charge is 0.338 e. The molecule has 2 N–H and O–H groups in total. The Labute approximate surface area is 148 Å². The highest BCUT2D eigenvalue weighted by atomic mass is 32.1. The maximum atomic E-state index is 12.9. The van der Waals surface area contributed by atoms with Crippen LogP contribution in [0.3, 0.4) is 0 Å². The number of benzene rings is 1. The van der Waals surface area contributed by atoms with Gasteiger partial charge in [-0.3, -0.25) is 4.79 Å². The van der Waals surface area contributed by atoms with Gasteiger partial charge < -0.3 is 10.2 Å². The number of nitrogens with zero attached hydrogens (tertiary/aromatic N) is 1. The highest BCUT2D eigenvalue weighted by Gasteiger charge is 2.33. The number of thiophene rings is 1. The standard InChI is InChI=1S/C20H26N2OS/c1-14(2)12-21-13-19(23)22-10-8-18-17(9-11-24-18)20(22)16-6-4-15(3)5-7-16/h4-7,9,11,14,20-21H,8,10,12-13H2,1-3H3/p+1/t20-/m1/s1. The van der Waals surface area contributed by atoms with Crippen LogP contribution in [0.5, 0.6) is 0 Å². The third kappa shape index (κ3) is 3.70. The van der Waals surface area contributed by atoms with Crippen LogP contribution in [-0.4, -0.2) is 30.4 Å². The first-order valence-electron chi connectivity index (χ1n) is 8.80. The average Bonchev–Trinajstić information content (AvgIpc) is 3.03. The van der Waals surface area contributed by atoms with Crippen LogP contribution in [-0.2, 0) is 11.2 Å². The summed E-state index contributed by atoms with van der Waals surface area (Å²) in [5, 5.41) is 4.30. The summed E-state index contributed by atoms with van der Waals surface area (Å²) in [5.74, 6) is 0.855. The Balaban J connectivity index is 1.84. The number of carbonyl (C=O) groups is 1. The van der Waals surface area contributed by atoms with E-state index in [4.69, 9.17) is 0 Å². The van der Waals surface area contributed by atoms with Gasteiger partial charge >= 0.3 is 0 Å². The molecule has 1 aromatic heterocycles. The fourth-order valence-electron chi connectivity index (χ4n) is 3.35. The van der Waals surface area contributed by atoms with E-state index in [1.807, 2.05) is 11.3 Å². The number of hydrogen-bond acceptors (Lipinski definition) is 2. The Kier molecular flexibility index (Phi) is 5.36. The van der Waals surface area contributed by atoms with E-state index in [0.717, 1.165) is 19.5 Å². The van der Waals surface area contributed by atoms with Crippen LogP contribution in [0.2, 0.25) is 0 Å². The molecule has 0 radical (unpaired) electrons. The molecule has 1 aliphatic rings. The highest BCUT2D eigenvalue weighted by Crippen LogP contribution is 2.37. The molecule has 1 amide bonds. The first-order valence-corrected chi connectivity index (χ1v) is 9.68. The molecule has 0 aliphatic carbocycles. The Morgan fingerprint density at radius 2 is 2.04 bits per heavy atom. The van der Waals surface area contributed by atoms with Crippen molar-refractivity contribution in [3.63, 3.8) is 0 Å². The van der Waals surface area contributed by atoms with Crippen LogP contribution < -0.4 is 5.32 Å². The summed E-state index contributed by atoms with van der Waals surface area (Å²) in [5.41, 5.74) is 3.78. The molecule has 3 rings (SSSR count). The van der Waals surface area contributed by atoms with E-state index >= 15 is 0 Å². The van der Waals surface area contributed by atoms with Crippen molar-refractivity contribution in [2.45, 2.75) is 33.2 Å². The van der Waals surface area contributed by atoms with Gasteiger partial charge in [-0.25, -0.2) is 0 Å². The summed E-state index contributed by atoms with van der Waals surface area (Å²) in [6.45, 7) is 8.84. The van der Waals surface area contributed by atoms with E-state index in [1.54, 1.807) is 0 Å². The van der Waals surface area contributed by atoms with Crippen molar-refractivity contribution >= 4 is 17.2 Å². The first kappa shape index (κ1) is 17.2. The number of aryl methyl sites for hydroxylation is 1. The molecule has 1 aromatic carbocycles. The van der Waals surface area contributed by atoms with Gasteiger partial charge in [-0.2, -0.15) is 0 Å². The molecule has 0 bridgehead atoms. The summed E-state index contributed by atoms with van der Waals surface area (Å²) in [6.07, 6.45) is 0.977. The summed E-state index contributed by atoms with van der Waals surface area (Å²) in [6, 6.07) is 10.9. The molecule has 0 spiro atoms. The summed E-state index contributed by atoms with van der Waals surface area (Å²) in [4.78, 5) is 16.4. The minimum absolute atomic E-state index is 0.0700. The van der Waals surface area contributed by atoms with Gasteiger partial charge in [0.1, 0.15) is 0 Å². The van der Waals surface area contributed by atoms with E-state index in [0.29, 0.717) is 12.5 Å². The van der Waals surface area contributed by atoms with Gasteiger partial charge in [-0.05, 0) is 35.9 Å². The summed E-state index contributed by atoms with van der Waals surface area (Å²) < 4.78 is 0. The topological polar surface area (TPSA) is 36.9 Å². The van der Waals surface area contributed by atoms with Crippen molar-refractivity contribution in [3.8, 4) is 0 Å². The molecule has 24 heavy (non-hydrogen) atoms. The minimum atomic E-state index is 0.0700. The predicted molar refractivity (Wildman–Crippen MR) is 99.3 cm³/mol. The van der Waals surface area contributed by atoms with Crippen LogP contribution in [0.1, 0.15) is 41.5 Å². The maximum absolute atomic E-state index is 12.9. The van der Waals surface area contributed by atoms with Crippen molar-refractivity contribution in [2.75, 3.05) is 19.6 Å². The van der Waals surface area contributed by atoms with E-state index in [2.05, 4.69) is 66.7 Å². The quantitative estimate of drug-likeness (QED) is 0.890. The lowest BCUT2D eigenvalue weighted by Gasteiger charge is -2.36. The predicted octanol–water partition coefficient (Wildman–Crippen LogP) is 2.75. The number of nitrogens with two attached hydrogens (primary N) is 1. The molecule has 0 saturated carbocycles. The fourth-order valence-corrected chi connectivity index (χ4v) is 4.25. The SMILES string of the molecule is Cc1ccc([C@@H]2c3ccsc3CCN2C(=O)C[NH2+]CC(C)C)cc1. The van der Waals surface area contributed by atoms with Crippen LogP contribution in [0, 0.1) is 12.8 Å². The zero-order valence-corrected chi connectivity index (χ0v) is 15.6. The van der Waals surface area contributed by atoms with Crippen LogP contribution in [0.4, 0.5) is 0 Å². The van der Waals surface area contributed by atoms with Crippen molar-refractivity contribution in [3.05, 3.63) is 57.3 Å². The van der Waals surface area contributed by atoms with Crippen molar-refractivity contribution in [1.29, 1.82) is 0 Å². The number of rotatable bonds is 5. The maximum Gasteiger partial charge on any atom is 0.278 e. The number of fused-ring (bicyclic) bond motifs is 1. The molecule has 0 unspecified atom stereocenters. The second kappa shape index (κ2) is 7.49. The Bertz CT molecular complexity index is 690. The Hall–Kier alpha value is -1.65. The third-order valence-corrected chi connectivity index (χ3v) is 5.63. The van der Waals surface area contributed by atoms with Crippen molar-refractivity contribution in [2.24, 2.45) is 5.92 Å². The van der Waals surface area contributed by atoms with Gasteiger partial charge in [0.25, 0.3) is 5.91 Å². The minimum Gasteiger partial charge on any atom is -0.338 e. The van der Waals surface area contributed by atoms with Gasteiger partial charge in [0.05, 0.1) is 12.6 Å². The number of carbonyl (C=O) groups excluding carboxylic acids is 1. The molecule has 3 nitrogen and oxygen atoms in total. The molecule has 0 saturated heterocycles. The van der Waals surface area contributed by atoms with Gasteiger partial charge in [-0.1, -0.05) is 43.7 Å². The molecule has 1 aliphatic heterocycles. The van der Waals surface area contributed by atoms with Crippen LogP contribution in [0.25, 0.3) is 0 Å². The summed E-state index contributed by atoms with van der Waals surface area (Å²) >= 11 is 1.82. The number of amides is 1. The van der Waals surface area contributed by atoms with Crippen molar-refractivity contribution in [1.82, 2.24) is 4.90 Å². The molecule has 1 atom stereocenters. The first-order chi connectivity index (χ1) is 11.6. The van der Waals surface area contributed by atoms with E-state index in [-0.39, 0.29) is 11.9 Å². The number of hydrogen-bond donors (Lipinski definition) is 1. The van der Waals surface area contributed by atoms with Gasteiger partial charge in [-0.15, -0.1) is 11.3 Å². The van der Waals surface area contributed by atoms with Crippen LogP contribution in [0.15, 0.2) is 35.7 Å². The Morgan fingerprint density at radius 3 is 2.75 bits per heavy atom. The second-order valence-electron chi connectivity index (χ2n) is 7.07. The molecule has 2 heterocycles. The Morgan fingerprint density at radius 1 is 1.29 bits per heavy atom. The molecule has 128 valence electrons. The monoisotopic (exact) mass is 343 g/mol. The summed E-state index contributed by atoms with van der Waals surface area (Å²) in [7, 11) is 0. The van der Waals surface area contributed by atoms with Gasteiger partial charge in [0.2, 0.25) is 0 Å². The fraction of sp³-hybridized carbons (Fsp3) is 0.450. The van der Waals surface area contributed by atoms with E-state index < -0.39 is 0 Å².